The molecule has 1 saturated heterocycles. The molecule has 0 radical (unpaired) electrons. The number of hydrogen-bond acceptors (Lipinski definition) is 5. The average Bonchev–Trinajstić information content (AvgIpc) is 2.95. The van der Waals surface area contributed by atoms with E-state index < -0.39 is 0 Å². The maximum absolute atomic E-state index is 12.1. The minimum absolute atomic E-state index is 0.228. The fourth-order valence-corrected chi connectivity index (χ4v) is 3.51. The maximum atomic E-state index is 12.1. The van der Waals surface area contributed by atoms with Gasteiger partial charge in [-0.3, -0.25) is 19.8 Å². The summed E-state index contributed by atoms with van der Waals surface area (Å²) in [7, 11) is 0. The van der Waals surface area contributed by atoms with E-state index in [4.69, 9.17) is 0 Å². The van der Waals surface area contributed by atoms with Crippen LogP contribution in [-0.4, -0.2) is 33.9 Å². The Morgan fingerprint density at radius 1 is 1.52 bits per heavy atom. The van der Waals surface area contributed by atoms with Gasteiger partial charge in [0.1, 0.15) is 0 Å². The number of pyridine rings is 1. The molecule has 3 rings (SSSR count). The highest BCUT2D eigenvalue weighted by molar-refractivity contribution is 7.13. The molecule has 1 atom stereocenters. The van der Waals surface area contributed by atoms with Gasteiger partial charge in [-0.2, -0.15) is 0 Å². The van der Waals surface area contributed by atoms with Crippen molar-refractivity contribution < 1.29 is 4.79 Å². The number of likely N-dealkylation sites (tertiary alicyclic amines) is 1. The third-order valence-electron chi connectivity index (χ3n) is 3.95. The molecular weight excluding hydrogens is 312 g/mol. The minimum atomic E-state index is -0.270. The van der Waals surface area contributed by atoms with Crippen molar-refractivity contribution in [2.24, 2.45) is 5.92 Å². The molecule has 1 fully saturated rings. The Morgan fingerprint density at radius 3 is 3.13 bits per heavy atom. The molecule has 0 saturated carbocycles. The van der Waals surface area contributed by atoms with Gasteiger partial charge in [0.05, 0.1) is 11.3 Å². The molecule has 6 nitrogen and oxygen atoms in total. The number of nitrogens with zero attached hydrogens (tertiary/aromatic N) is 2. The van der Waals surface area contributed by atoms with Gasteiger partial charge >= 0.3 is 0 Å². The first-order chi connectivity index (χ1) is 11.1. The summed E-state index contributed by atoms with van der Waals surface area (Å²) < 4.78 is 0. The first-order valence-corrected chi connectivity index (χ1v) is 8.65. The van der Waals surface area contributed by atoms with Gasteiger partial charge < -0.3 is 4.98 Å². The number of thiazole rings is 1. The van der Waals surface area contributed by atoms with Crippen molar-refractivity contribution >= 4 is 22.4 Å². The number of H-pyrrole nitrogens is 1. The lowest BCUT2D eigenvalue weighted by Gasteiger charge is -2.30. The van der Waals surface area contributed by atoms with E-state index in [1.165, 1.54) is 42.5 Å². The summed E-state index contributed by atoms with van der Waals surface area (Å²) in [6, 6.07) is 2.83. The second kappa shape index (κ2) is 7.06. The van der Waals surface area contributed by atoms with Crippen LogP contribution in [0.3, 0.4) is 0 Å². The van der Waals surface area contributed by atoms with E-state index in [1.807, 2.05) is 5.38 Å². The van der Waals surface area contributed by atoms with E-state index >= 15 is 0 Å². The number of piperidine rings is 1. The smallest absolute Gasteiger partial charge is 0.258 e. The zero-order valence-electron chi connectivity index (χ0n) is 13.0. The lowest BCUT2D eigenvalue weighted by molar-refractivity contribution is 0.102. The Labute approximate surface area is 138 Å². The van der Waals surface area contributed by atoms with Crippen molar-refractivity contribution in [3.8, 4) is 0 Å². The number of amides is 1. The molecule has 7 heteroatoms. The summed E-state index contributed by atoms with van der Waals surface area (Å²) in [5, 5.41) is 5.34. The molecule has 1 amide bonds. The number of carbonyl (C=O) groups is 1. The number of aromatic amines is 1. The molecule has 122 valence electrons. The third-order valence-corrected chi connectivity index (χ3v) is 4.75. The summed E-state index contributed by atoms with van der Waals surface area (Å²) in [5.41, 5.74) is 1.17. The van der Waals surface area contributed by atoms with E-state index in [1.54, 1.807) is 0 Å². The van der Waals surface area contributed by atoms with E-state index in [-0.39, 0.29) is 11.5 Å². The second-order valence-corrected chi connectivity index (χ2v) is 6.88. The van der Waals surface area contributed by atoms with Crippen LogP contribution in [0.25, 0.3) is 0 Å². The first-order valence-electron chi connectivity index (χ1n) is 7.77. The third kappa shape index (κ3) is 4.27. The molecule has 1 aliphatic rings. The van der Waals surface area contributed by atoms with Crippen LogP contribution in [0.1, 0.15) is 35.8 Å². The predicted octanol–water partition coefficient (Wildman–Crippen LogP) is 2.32. The van der Waals surface area contributed by atoms with Crippen molar-refractivity contribution in [1.29, 1.82) is 0 Å². The van der Waals surface area contributed by atoms with Gasteiger partial charge in [-0.25, -0.2) is 4.98 Å². The van der Waals surface area contributed by atoms with Crippen LogP contribution in [0.4, 0.5) is 5.13 Å². The summed E-state index contributed by atoms with van der Waals surface area (Å²) >= 11 is 1.42. The van der Waals surface area contributed by atoms with E-state index in [9.17, 15) is 9.59 Å². The lowest BCUT2D eigenvalue weighted by atomic mass is 10.0. The summed E-state index contributed by atoms with van der Waals surface area (Å²) in [6.07, 6.45) is 3.94. The monoisotopic (exact) mass is 332 g/mol. The molecule has 1 unspecified atom stereocenters. The molecule has 0 aliphatic carbocycles. The summed E-state index contributed by atoms with van der Waals surface area (Å²) in [6.45, 7) is 5.33. The Morgan fingerprint density at radius 2 is 2.39 bits per heavy atom. The molecule has 1 aliphatic heterocycles. The van der Waals surface area contributed by atoms with Crippen molar-refractivity contribution in [2.45, 2.75) is 26.3 Å². The molecule has 2 aromatic rings. The van der Waals surface area contributed by atoms with Crippen LogP contribution in [0.5, 0.6) is 0 Å². The van der Waals surface area contributed by atoms with Gasteiger partial charge in [0.15, 0.2) is 5.13 Å². The fraction of sp³-hybridized carbons (Fsp3) is 0.438. The van der Waals surface area contributed by atoms with Crippen molar-refractivity contribution in [2.75, 3.05) is 18.4 Å². The topological polar surface area (TPSA) is 78.1 Å². The van der Waals surface area contributed by atoms with Gasteiger partial charge in [-0.05, 0) is 31.4 Å². The zero-order chi connectivity index (χ0) is 16.2. The van der Waals surface area contributed by atoms with Crippen LogP contribution in [0.2, 0.25) is 0 Å². The van der Waals surface area contributed by atoms with Crippen LogP contribution < -0.4 is 10.9 Å². The summed E-state index contributed by atoms with van der Waals surface area (Å²) in [4.78, 5) is 32.5. The molecule has 2 aromatic heterocycles. The number of aromatic nitrogens is 2. The molecule has 0 spiro atoms. The standard InChI is InChI=1S/C16H20N4O2S/c1-11-3-2-6-20(8-11)9-13-10-23-16(18-13)19-15(22)12-4-5-14(21)17-7-12/h4-5,7,10-11H,2-3,6,8-9H2,1H3,(H,17,21)(H,18,19,22). The average molecular weight is 332 g/mol. The number of hydrogen-bond donors (Lipinski definition) is 2. The quantitative estimate of drug-likeness (QED) is 0.901. The Kier molecular flexibility index (Phi) is 4.88. The highest BCUT2D eigenvalue weighted by Gasteiger charge is 2.17. The first kappa shape index (κ1) is 15.9. The van der Waals surface area contributed by atoms with Gasteiger partial charge in [-0.1, -0.05) is 6.92 Å². The van der Waals surface area contributed by atoms with Gasteiger partial charge in [0.2, 0.25) is 5.56 Å². The van der Waals surface area contributed by atoms with Gasteiger partial charge in [0.25, 0.3) is 5.91 Å². The predicted molar refractivity (Wildman–Crippen MR) is 90.8 cm³/mol. The van der Waals surface area contributed by atoms with Gasteiger partial charge in [-0.15, -0.1) is 11.3 Å². The lowest BCUT2D eigenvalue weighted by Crippen LogP contribution is -2.33. The van der Waals surface area contributed by atoms with Gasteiger partial charge in [0, 0.05) is 30.7 Å². The van der Waals surface area contributed by atoms with Crippen molar-refractivity contribution in [3.05, 3.63) is 45.3 Å². The van der Waals surface area contributed by atoms with E-state index in [0.717, 1.165) is 31.2 Å². The molecule has 2 N–H and O–H groups in total. The SMILES string of the molecule is CC1CCCN(Cc2csc(NC(=O)c3ccc(=O)[nH]c3)n2)C1. The number of nitrogens with one attached hydrogen (secondary N) is 2. The summed E-state index contributed by atoms with van der Waals surface area (Å²) in [5.74, 6) is 0.468. The molecule has 3 heterocycles. The van der Waals surface area contributed by atoms with Crippen LogP contribution in [-0.2, 0) is 6.54 Å². The van der Waals surface area contributed by atoms with Crippen LogP contribution in [0, 0.1) is 5.92 Å². The van der Waals surface area contributed by atoms with Crippen molar-refractivity contribution in [1.82, 2.24) is 14.9 Å². The number of anilines is 1. The molecule has 0 bridgehead atoms. The molecular formula is C16H20N4O2S. The van der Waals surface area contributed by atoms with Crippen LogP contribution >= 0.6 is 11.3 Å². The zero-order valence-corrected chi connectivity index (χ0v) is 13.9. The number of carbonyl (C=O) groups excluding carboxylic acids is 1. The van der Waals surface area contributed by atoms with E-state index in [0.29, 0.717) is 10.7 Å². The fourth-order valence-electron chi connectivity index (χ4n) is 2.82. The normalized spacial score (nSPS) is 18.7. The second-order valence-electron chi connectivity index (χ2n) is 6.02. The van der Waals surface area contributed by atoms with Crippen molar-refractivity contribution in [3.63, 3.8) is 0 Å². The highest BCUT2D eigenvalue weighted by atomic mass is 32.1. The van der Waals surface area contributed by atoms with Crippen LogP contribution in [0.15, 0.2) is 28.5 Å². The molecule has 23 heavy (non-hydrogen) atoms. The van der Waals surface area contributed by atoms with E-state index in [2.05, 4.69) is 27.1 Å². The maximum Gasteiger partial charge on any atom is 0.258 e. The Bertz CT molecular complexity index is 719. The largest absolute Gasteiger partial charge is 0.328 e. The Balaban J connectivity index is 1.59. The number of rotatable bonds is 4. The highest BCUT2D eigenvalue weighted by Crippen LogP contribution is 2.21. The minimum Gasteiger partial charge on any atom is -0.328 e. The Hall–Kier alpha value is -1.99. The molecule has 0 aromatic carbocycles.